The molecule has 0 saturated heterocycles. The lowest BCUT2D eigenvalue weighted by molar-refractivity contribution is 1.96. The van der Waals surface area contributed by atoms with Gasteiger partial charge in [0.2, 0.25) is 0 Å². The van der Waals surface area contributed by atoms with Crippen LogP contribution in [0.1, 0.15) is 0 Å². The van der Waals surface area contributed by atoms with Gasteiger partial charge in [0.15, 0.2) is 4.30 Å². The molecular weight excluding hydrogens is 174 g/mol. The molecule has 46 valence electrons. The lowest BCUT2D eigenvalue weighted by Gasteiger charge is -1.69. The monoisotopic (exact) mass is 180 g/mol. The summed E-state index contributed by atoms with van der Waals surface area (Å²) < 4.78 is -0.750. The van der Waals surface area contributed by atoms with Crippen molar-refractivity contribution >= 4 is 46.6 Å². The predicted molar refractivity (Wildman–Crippen MR) is 40.8 cm³/mol. The summed E-state index contributed by atoms with van der Waals surface area (Å²) in [6.07, 6.45) is 4.08. The number of alkyl halides is 3. The Kier molecular flexibility index (Phi) is 16.2. The van der Waals surface area contributed by atoms with E-state index in [4.69, 9.17) is 34.8 Å². The minimum Gasteiger partial charge on any atom is -0.169 e. The second kappa shape index (κ2) is 10.3. The molecule has 0 heterocycles. The molecule has 0 rings (SSSR count). The third-order valence-corrected chi connectivity index (χ3v) is 0. The smallest absolute Gasteiger partial charge is 0.169 e. The van der Waals surface area contributed by atoms with E-state index in [0.29, 0.717) is 0 Å². The maximum absolute atomic E-state index is 4.81. The molecule has 0 aliphatic rings. The molecule has 4 heteroatoms. The Balaban J connectivity index is 0. The van der Waals surface area contributed by atoms with Crippen LogP contribution in [-0.4, -0.2) is 16.8 Å². The number of hydrogen-bond donors (Lipinski definition) is 0. The summed E-state index contributed by atoms with van der Waals surface area (Å²) in [5.41, 5.74) is 0. The van der Waals surface area contributed by atoms with E-state index in [0.717, 1.165) is 0 Å². The number of thioether (sulfide) groups is 1. The van der Waals surface area contributed by atoms with Crippen molar-refractivity contribution in [2.75, 3.05) is 12.5 Å². The summed E-state index contributed by atoms with van der Waals surface area (Å²) in [7, 11) is 0. The molecule has 0 fully saturated rings. The summed E-state index contributed by atoms with van der Waals surface area (Å²) >= 11 is 16.2. The number of halogens is 3. The van der Waals surface area contributed by atoms with Crippen molar-refractivity contribution in [2.24, 2.45) is 0 Å². The SMILES string of the molecule is CSC.ClC(Cl)Cl. The van der Waals surface area contributed by atoms with Gasteiger partial charge in [-0.25, -0.2) is 0 Å². The van der Waals surface area contributed by atoms with Crippen LogP contribution in [-0.2, 0) is 0 Å². The van der Waals surface area contributed by atoms with Crippen molar-refractivity contribution in [2.45, 2.75) is 4.30 Å². The van der Waals surface area contributed by atoms with Crippen molar-refractivity contribution in [1.29, 1.82) is 0 Å². The fourth-order valence-electron chi connectivity index (χ4n) is 0. The molecule has 0 bridgehead atoms. The summed E-state index contributed by atoms with van der Waals surface area (Å²) in [6, 6.07) is 0. The summed E-state index contributed by atoms with van der Waals surface area (Å²) in [4.78, 5) is 0. The molecule has 0 N–H and O–H groups in total. The predicted octanol–water partition coefficient (Wildman–Crippen LogP) is 2.97. The molecule has 0 amide bonds. The van der Waals surface area contributed by atoms with Gasteiger partial charge in [-0.1, -0.05) is 34.8 Å². The highest BCUT2D eigenvalue weighted by Gasteiger charge is 1.78. The van der Waals surface area contributed by atoms with Crippen molar-refractivity contribution < 1.29 is 0 Å². The van der Waals surface area contributed by atoms with Crippen LogP contribution in [0, 0.1) is 0 Å². The summed E-state index contributed by atoms with van der Waals surface area (Å²) in [5.74, 6) is 0. The molecule has 0 aliphatic carbocycles. The lowest BCUT2D eigenvalue weighted by atomic mass is 11.9. The first-order valence-electron chi connectivity index (χ1n) is 1.47. The van der Waals surface area contributed by atoms with Crippen LogP contribution in [0.2, 0.25) is 0 Å². The first-order chi connectivity index (χ1) is 3.15. The van der Waals surface area contributed by atoms with E-state index in [1.165, 1.54) is 0 Å². The molecule has 0 saturated carbocycles. The van der Waals surface area contributed by atoms with Crippen molar-refractivity contribution in [3.63, 3.8) is 0 Å². The van der Waals surface area contributed by atoms with E-state index in [1.54, 1.807) is 11.8 Å². The van der Waals surface area contributed by atoms with Crippen LogP contribution in [0.5, 0.6) is 0 Å². The van der Waals surface area contributed by atoms with Gasteiger partial charge in [-0.2, -0.15) is 11.8 Å². The highest BCUT2D eigenvalue weighted by molar-refractivity contribution is 7.97. The maximum atomic E-state index is 4.81. The topological polar surface area (TPSA) is 0 Å². The summed E-state index contributed by atoms with van der Waals surface area (Å²) in [6.45, 7) is 0. The van der Waals surface area contributed by atoms with E-state index in [1.807, 2.05) is 12.5 Å². The van der Waals surface area contributed by atoms with Crippen LogP contribution in [0.3, 0.4) is 0 Å². The average molecular weight is 182 g/mol. The van der Waals surface area contributed by atoms with E-state index >= 15 is 0 Å². The lowest BCUT2D eigenvalue weighted by Crippen LogP contribution is -1.55. The molecule has 0 atom stereocenters. The van der Waals surface area contributed by atoms with Crippen molar-refractivity contribution in [3.05, 3.63) is 0 Å². The van der Waals surface area contributed by atoms with E-state index in [9.17, 15) is 0 Å². The average Bonchev–Trinajstić information content (AvgIpc) is 1.33. The van der Waals surface area contributed by atoms with E-state index in [-0.39, 0.29) is 0 Å². The molecule has 0 spiro atoms. The Labute approximate surface area is 63.5 Å². The van der Waals surface area contributed by atoms with Gasteiger partial charge in [0.25, 0.3) is 0 Å². The van der Waals surface area contributed by atoms with Crippen molar-refractivity contribution in [3.8, 4) is 0 Å². The van der Waals surface area contributed by atoms with Gasteiger partial charge in [-0.3, -0.25) is 0 Å². The standard InChI is InChI=1S/C2H6S.CHCl3/c1-3-2;2-1(3)4/h1-2H3;1H. The minimum atomic E-state index is -0.750. The van der Waals surface area contributed by atoms with E-state index < -0.39 is 4.30 Å². The zero-order chi connectivity index (χ0) is 6.28. The highest BCUT2D eigenvalue weighted by Crippen LogP contribution is 2.03. The van der Waals surface area contributed by atoms with Crippen LogP contribution < -0.4 is 0 Å². The Hall–Kier alpha value is 1.22. The quantitative estimate of drug-likeness (QED) is 0.518. The molecule has 0 aromatic carbocycles. The second-order valence-electron chi connectivity index (χ2n) is 0.656. The maximum Gasteiger partial charge on any atom is 0.180 e. The molecule has 0 radical (unpaired) electrons. The first kappa shape index (κ1) is 11.1. The Morgan fingerprint density at radius 2 is 1.14 bits per heavy atom. The molecular formula is C3H7Cl3S. The van der Waals surface area contributed by atoms with Gasteiger partial charge in [0.05, 0.1) is 0 Å². The Bertz CT molecular complexity index is 21.4. The van der Waals surface area contributed by atoms with Gasteiger partial charge >= 0.3 is 0 Å². The molecule has 0 aromatic heterocycles. The normalized spacial score (nSPS) is 7.71. The Morgan fingerprint density at radius 1 is 1.14 bits per heavy atom. The largest absolute Gasteiger partial charge is 0.180 e. The molecule has 7 heavy (non-hydrogen) atoms. The third-order valence-electron chi connectivity index (χ3n) is 0. The molecule has 0 aromatic rings. The Morgan fingerprint density at radius 3 is 1.14 bits per heavy atom. The minimum absolute atomic E-state index is 0.750. The zero-order valence-electron chi connectivity index (χ0n) is 4.12. The molecule has 0 nitrogen and oxygen atoms in total. The third kappa shape index (κ3) is 132. The van der Waals surface area contributed by atoms with Gasteiger partial charge in [-0.15, -0.1) is 0 Å². The van der Waals surface area contributed by atoms with Gasteiger partial charge in [-0.05, 0) is 12.5 Å². The number of hydrogen-bond acceptors (Lipinski definition) is 1. The van der Waals surface area contributed by atoms with Crippen LogP contribution >= 0.6 is 46.6 Å². The number of rotatable bonds is 0. The summed E-state index contributed by atoms with van der Waals surface area (Å²) in [5, 5.41) is 0. The van der Waals surface area contributed by atoms with Crippen LogP contribution in [0.4, 0.5) is 0 Å². The fraction of sp³-hybridized carbons (Fsp3) is 1.00. The van der Waals surface area contributed by atoms with Gasteiger partial charge < -0.3 is 0 Å². The second-order valence-corrected chi connectivity index (χ2v) is 3.45. The molecule has 0 aliphatic heterocycles. The van der Waals surface area contributed by atoms with Gasteiger partial charge in [0, 0.05) is 0 Å². The van der Waals surface area contributed by atoms with E-state index in [2.05, 4.69) is 0 Å². The van der Waals surface area contributed by atoms with Crippen LogP contribution in [0.15, 0.2) is 0 Å². The van der Waals surface area contributed by atoms with Gasteiger partial charge in [0.1, 0.15) is 0 Å². The fourth-order valence-corrected chi connectivity index (χ4v) is 0. The van der Waals surface area contributed by atoms with Crippen molar-refractivity contribution in [1.82, 2.24) is 0 Å². The van der Waals surface area contributed by atoms with Crippen LogP contribution in [0.25, 0.3) is 0 Å². The zero-order valence-corrected chi connectivity index (χ0v) is 7.20. The highest BCUT2D eigenvalue weighted by atomic mass is 35.6. The molecule has 0 unspecified atom stereocenters. The first-order valence-corrected chi connectivity index (χ1v) is 4.41.